The number of methoxy groups -OCH3 is 1. The zero-order valence-electron chi connectivity index (χ0n) is 13.0. The number of hydrogen-bond donors (Lipinski definition) is 2. The van der Waals surface area contributed by atoms with Crippen LogP contribution in [0.3, 0.4) is 0 Å². The number of guanidine groups is 1. The Kier molecular flexibility index (Phi) is 4.46. The largest absolute Gasteiger partial charge is 0.497 e. The number of halogens is 1. The van der Waals surface area contributed by atoms with Crippen LogP contribution in [0, 0.1) is 5.82 Å². The molecule has 0 saturated heterocycles. The first-order valence-electron chi connectivity index (χ1n) is 7.64. The Bertz CT molecular complexity index is 711. The van der Waals surface area contributed by atoms with Gasteiger partial charge in [-0.2, -0.15) is 0 Å². The molecular weight excluding hydrogens is 293 g/mol. The van der Waals surface area contributed by atoms with Gasteiger partial charge < -0.3 is 15.8 Å². The fourth-order valence-electron chi connectivity index (χ4n) is 2.80. The van der Waals surface area contributed by atoms with Crippen LogP contribution in [0.2, 0.25) is 0 Å². The Balaban J connectivity index is 1.56. The quantitative estimate of drug-likeness (QED) is 0.671. The number of hydrogen-bond acceptors (Lipinski definition) is 2. The Morgan fingerprint density at radius 1 is 1.22 bits per heavy atom. The Labute approximate surface area is 135 Å². The molecule has 0 heterocycles. The van der Waals surface area contributed by atoms with Crippen molar-refractivity contribution in [2.45, 2.75) is 24.8 Å². The van der Waals surface area contributed by atoms with Gasteiger partial charge in [0.2, 0.25) is 0 Å². The smallest absolute Gasteiger partial charge is 0.193 e. The summed E-state index contributed by atoms with van der Waals surface area (Å²) in [6, 6.07) is 14.5. The van der Waals surface area contributed by atoms with E-state index in [1.54, 1.807) is 19.2 Å². The molecule has 2 aromatic rings. The highest BCUT2D eigenvalue weighted by Crippen LogP contribution is 2.38. The summed E-state index contributed by atoms with van der Waals surface area (Å²) in [5.74, 6) is 1.33. The van der Waals surface area contributed by atoms with Crippen molar-refractivity contribution < 1.29 is 9.13 Å². The number of ether oxygens (including phenoxy) is 1. The lowest BCUT2D eigenvalue weighted by atomic mass is 9.76. The summed E-state index contributed by atoms with van der Waals surface area (Å²) in [6.07, 6.45) is 1.79. The van der Waals surface area contributed by atoms with E-state index >= 15 is 0 Å². The molecule has 3 rings (SSSR count). The molecule has 5 heteroatoms. The Morgan fingerprint density at radius 3 is 2.74 bits per heavy atom. The molecule has 4 nitrogen and oxygen atoms in total. The fourth-order valence-corrected chi connectivity index (χ4v) is 2.80. The van der Waals surface area contributed by atoms with E-state index in [0.717, 1.165) is 29.8 Å². The maximum atomic E-state index is 13.2. The van der Waals surface area contributed by atoms with E-state index in [2.05, 4.69) is 10.3 Å². The number of benzene rings is 2. The molecule has 0 radical (unpaired) electrons. The van der Waals surface area contributed by atoms with E-state index in [1.807, 2.05) is 30.3 Å². The molecule has 0 bridgehead atoms. The monoisotopic (exact) mass is 313 g/mol. The summed E-state index contributed by atoms with van der Waals surface area (Å²) in [5, 5.41) is 3.07. The molecule has 0 aromatic heterocycles. The van der Waals surface area contributed by atoms with Crippen molar-refractivity contribution in [3.05, 3.63) is 59.9 Å². The van der Waals surface area contributed by atoms with Gasteiger partial charge in [-0.15, -0.1) is 0 Å². The zero-order chi connectivity index (χ0) is 16.2. The topological polar surface area (TPSA) is 59.6 Å². The minimum Gasteiger partial charge on any atom is -0.497 e. The molecule has 0 aliphatic heterocycles. The molecule has 0 amide bonds. The number of nitrogens with zero attached hydrogens (tertiary/aromatic N) is 1. The molecule has 0 unspecified atom stereocenters. The van der Waals surface area contributed by atoms with Crippen molar-refractivity contribution in [2.75, 3.05) is 12.4 Å². The lowest BCUT2D eigenvalue weighted by molar-refractivity contribution is 0.352. The highest BCUT2D eigenvalue weighted by Gasteiger charge is 2.30. The normalized spacial score (nSPS) is 20.7. The van der Waals surface area contributed by atoms with E-state index in [-0.39, 0.29) is 11.9 Å². The Morgan fingerprint density at radius 2 is 2.00 bits per heavy atom. The number of aliphatic imine (C=N–C) groups is 1. The summed E-state index contributed by atoms with van der Waals surface area (Å²) in [7, 11) is 1.62. The van der Waals surface area contributed by atoms with Crippen LogP contribution in [0.4, 0.5) is 10.1 Å². The average molecular weight is 313 g/mol. The van der Waals surface area contributed by atoms with Gasteiger partial charge in [0.25, 0.3) is 0 Å². The van der Waals surface area contributed by atoms with Crippen LogP contribution in [-0.2, 0) is 0 Å². The molecule has 23 heavy (non-hydrogen) atoms. The second-order valence-electron chi connectivity index (χ2n) is 5.75. The third-order valence-corrected chi connectivity index (χ3v) is 4.10. The maximum Gasteiger partial charge on any atom is 0.193 e. The van der Waals surface area contributed by atoms with Crippen molar-refractivity contribution >= 4 is 11.6 Å². The van der Waals surface area contributed by atoms with Gasteiger partial charge in [0, 0.05) is 11.8 Å². The number of nitrogens with two attached hydrogens (primary N) is 1. The van der Waals surface area contributed by atoms with E-state index in [1.165, 1.54) is 6.07 Å². The van der Waals surface area contributed by atoms with E-state index in [4.69, 9.17) is 10.5 Å². The van der Waals surface area contributed by atoms with Gasteiger partial charge in [-0.1, -0.05) is 18.2 Å². The number of anilines is 1. The van der Waals surface area contributed by atoms with Crippen molar-refractivity contribution in [1.29, 1.82) is 0 Å². The molecule has 2 aromatic carbocycles. The second-order valence-corrected chi connectivity index (χ2v) is 5.75. The first-order valence-corrected chi connectivity index (χ1v) is 7.64. The Hall–Kier alpha value is -2.56. The molecule has 1 saturated carbocycles. The van der Waals surface area contributed by atoms with Gasteiger partial charge in [0.1, 0.15) is 11.6 Å². The van der Waals surface area contributed by atoms with Crippen LogP contribution in [0.25, 0.3) is 0 Å². The van der Waals surface area contributed by atoms with E-state index < -0.39 is 0 Å². The molecule has 1 aliphatic carbocycles. The number of nitrogens with one attached hydrogen (secondary N) is 1. The molecular formula is C18H20FN3O. The second kappa shape index (κ2) is 6.69. The van der Waals surface area contributed by atoms with Gasteiger partial charge in [0.15, 0.2) is 5.96 Å². The average Bonchev–Trinajstić information content (AvgIpc) is 2.50. The minimum atomic E-state index is -0.186. The van der Waals surface area contributed by atoms with Crippen LogP contribution >= 0.6 is 0 Å². The third kappa shape index (κ3) is 3.80. The number of rotatable bonds is 4. The lowest BCUT2D eigenvalue weighted by Gasteiger charge is -2.33. The van der Waals surface area contributed by atoms with Gasteiger partial charge in [-0.25, -0.2) is 9.38 Å². The SMILES string of the molecule is COc1cccc(NC(N)=NC2CC(c3cccc(F)c3)C2)c1. The fraction of sp³-hybridized carbons (Fsp3) is 0.278. The van der Waals surface area contributed by atoms with Crippen molar-refractivity contribution in [3.8, 4) is 5.75 Å². The van der Waals surface area contributed by atoms with Gasteiger partial charge in [0.05, 0.1) is 13.2 Å². The summed E-state index contributed by atoms with van der Waals surface area (Å²) in [4.78, 5) is 4.48. The standard InChI is InChI=1S/C18H20FN3O/c1-23-17-7-3-6-15(11-17)21-18(20)22-16-9-13(10-16)12-4-2-5-14(19)8-12/h2-8,11,13,16H,9-10H2,1H3,(H3,20,21,22). The molecule has 0 spiro atoms. The van der Waals surface area contributed by atoms with Crippen LogP contribution < -0.4 is 15.8 Å². The third-order valence-electron chi connectivity index (χ3n) is 4.10. The summed E-state index contributed by atoms with van der Waals surface area (Å²) < 4.78 is 18.4. The molecule has 1 aliphatic rings. The predicted molar refractivity (Wildman–Crippen MR) is 90.4 cm³/mol. The van der Waals surface area contributed by atoms with Crippen molar-refractivity contribution in [1.82, 2.24) is 0 Å². The van der Waals surface area contributed by atoms with Gasteiger partial charge >= 0.3 is 0 Å². The molecule has 1 fully saturated rings. The summed E-state index contributed by atoms with van der Waals surface area (Å²) in [6.45, 7) is 0. The summed E-state index contributed by atoms with van der Waals surface area (Å²) >= 11 is 0. The van der Waals surface area contributed by atoms with Crippen LogP contribution in [-0.4, -0.2) is 19.1 Å². The zero-order valence-corrected chi connectivity index (χ0v) is 13.0. The maximum absolute atomic E-state index is 13.2. The first-order chi connectivity index (χ1) is 11.1. The van der Waals surface area contributed by atoms with E-state index in [0.29, 0.717) is 11.9 Å². The van der Waals surface area contributed by atoms with Crippen molar-refractivity contribution in [3.63, 3.8) is 0 Å². The molecule has 0 atom stereocenters. The van der Waals surface area contributed by atoms with Gasteiger partial charge in [-0.3, -0.25) is 0 Å². The van der Waals surface area contributed by atoms with Crippen molar-refractivity contribution in [2.24, 2.45) is 10.7 Å². The highest BCUT2D eigenvalue weighted by molar-refractivity contribution is 5.92. The first kappa shape index (κ1) is 15.3. The highest BCUT2D eigenvalue weighted by atomic mass is 19.1. The van der Waals surface area contributed by atoms with E-state index in [9.17, 15) is 4.39 Å². The predicted octanol–water partition coefficient (Wildman–Crippen LogP) is 3.51. The van der Waals surface area contributed by atoms with Gasteiger partial charge in [-0.05, 0) is 48.6 Å². The molecule has 120 valence electrons. The minimum absolute atomic E-state index is 0.182. The van der Waals surface area contributed by atoms with Crippen LogP contribution in [0.1, 0.15) is 24.3 Å². The van der Waals surface area contributed by atoms with Crippen LogP contribution in [0.15, 0.2) is 53.5 Å². The summed E-state index contributed by atoms with van der Waals surface area (Å²) in [5.41, 5.74) is 7.83. The van der Waals surface area contributed by atoms with Crippen LogP contribution in [0.5, 0.6) is 5.75 Å². The lowest BCUT2D eigenvalue weighted by Crippen LogP contribution is -2.31. The molecule has 3 N–H and O–H groups in total.